The van der Waals surface area contributed by atoms with Crippen molar-refractivity contribution in [1.82, 2.24) is 19.5 Å². The number of anilines is 1. The average molecular weight is 245 g/mol. The van der Waals surface area contributed by atoms with Gasteiger partial charge in [-0.3, -0.25) is 0 Å². The predicted molar refractivity (Wildman–Crippen MR) is 72.5 cm³/mol. The summed E-state index contributed by atoms with van der Waals surface area (Å²) in [5.41, 5.74) is 0.879. The first-order valence-electron chi connectivity index (χ1n) is 6.35. The minimum absolute atomic E-state index is 0.842. The Balaban J connectivity index is 2.46. The number of aromatic nitrogens is 4. The highest BCUT2D eigenvalue weighted by Gasteiger charge is 2.10. The highest BCUT2D eigenvalue weighted by molar-refractivity contribution is 5.55. The van der Waals surface area contributed by atoms with Gasteiger partial charge in [0.25, 0.3) is 0 Å². The van der Waals surface area contributed by atoms with Crippen LogP contribution >= 0.6 is 0 Å². The SMILES string of the molecule is CCCc1nc(NC)cc(-c2nccn2CC)n1. The molecule has 0 saturated carbocycles. The summed E-state index contributed by atoms with van der Waals surface area (Å²) in [6.07, 6.45) is 5.69. The quantitative estimate of drug-likeness (QED) is 0.878. The lowest BCUT2D eigenvalue weighted by Crippen LogP contribution is -2.04. The summed E-state index contributed by atoms with van der Waals surface area (Å²) in [7, 11) is 1.87. The molecule has 0 atom stereocenters. The Morgan fingerprint density at radius 1 is 1.28 bits per heavy atom. The Morgan fingerprint density at radius 2 is 2.11 bits per heavy atom. The number of nitrogens with one attached hydrogen (secondary N) is 1. The van der Waals surface area contributed by atoms with Gasteiger partial charge in [-0.2, -0.15) is 0 Å². The van der Waals surface area contributed by atoms with Gasteiger partial charge < -0.3 is 9.88 Å². The lowest BCUT2D eigenvalue weighted by molar-refractivity contribution is 0.763. The fourth-order valence-electron chi connectivity index (χ4n) is 1.87. The fraction of sp³-hybridized carbons (Fsp3) is 0.462. The molecule has 0 fully saturated rings. The maximum absolute atomic E-state index is 4.59. The third kappa shape index (κ3) is 2.50. The van der Waals surface area contributed by atoms with E-state index >= 15 is 0 Å². The van der Waals surface area contributed by atoms with Crippen molar-refractivity contribution in [1.29, 1.82) is 0 Å². The standard InChI is InChI=1S/C13H19N5/c1-4-6-11-16-10(9-12(14-3)17-11)13-15-7-8-18(13)5-2/h7-9H,4-6H2,1-3H3,(H,14,16,17). The predicted octanol–water partition coefficient (Wildman–Crippen LogP) is 2.35. The monoisotopic (exact) mass is 245 g/mol. The molecule has 2 aromatic rings. The van der Waals surface area contributed by atoms with Crippen molar-refractivity contribution in [3.05, 3.63) is 24.3 Å². The van der Waals surface area contributed by atoms with Crippen molar-refractivity contribution in [3.8, 4) is 11.5 Å². The van der Waals surface area contributed by atoms with E-state index < -0.39 is 0 Å². The van der Waals surface area contributed by atoms with Gasteiger partial charge >= 0.3 is 0 Å². The molecule has 2 aromatic heterocycles. The summed E-state index contributed by atoms with van der Waals surface area (Å²) >= 11 is 0. The van der Waals surface area contributed by atoms with Crippen molar-refractivity contribution < 1.29 is 0 Å². The molecule has 0 aliphatic heterocycles. The van der Waals surface area contributed by atoms with Crippen molar-refractivity contribution in [2.24, 2.45) is 0 Å². The zero-order valence-corrected chi connectivity index (χ0v) is 11.1. The maximum atomic E-state index is 4.59. The molecule has 0 aliphatic rings. The van der Waals surface area contributed by atoms with Crippen LogP contribution in [-0.4, -0.2) is 26.6 Å². The van der Waals surface area contributed by atoms with E-state index in [9.17, 15) is 0 Å². The summed E-state index contributed by atoms with van der Waals surface area (Å²) in [6.45, 7) is 5.11. The smallest absolute Gasteiger partial charge is 0.158 e. The van der Waals surface area contributed by atoms with Crippen LogP contribution in [0.15, 0.2) is 18.5 Å². The van der Waals surface area contributed by atoms with Crippen LogP contribution in [0.3, 0.4) is 0 Å². The van der Waals surface area contributed by atoms with Crippen LogP contribution in [0.2, 0.25) is 0 Å². The summed E-state index contributed by atoms with van der Waals surface area (Å²) in [5.74, 6) is 2.60. The van der Waals surface area contributed by atoms with Crippen molar-refractivity contribution in [2.75, 3.05) is 12.4 Å². The van der Waals surface area contributed by atoms with Crippen LogP contribution in [0.1, 0.15) is 26.1 Å². The van der Waals surface area contributed by atoms with Crippen LogP contribution in [0.4, 0.5) is 5.82 Å². The zero-order valence-electron chi connectivity index (χ0n) is 11.1. The molecule has 0 amide bonds. The molecule has 0 aromatic carbocycles. The van der Waals surface area contributed by atoms with E-state index in [0.717, 1.165) is 42.5 Å². The summed E-state index contributed by atoms with van der Waals surface area (Å²) in [6, 6.07) is 1.94. The van der Waals surface area contributed by atoms with Gasteiger partial charge in [0.1, 0.15) is 17.3 Å². The summed E-state index contributed by atoms with van der Waals surface area (Å²) < 4.78 is 2.08. The van der Waals surface area contributed by atoms with Gasteiger partial charge in [0.05, 0.1) is 0 Å². The molecule has 2 heterocycles. The van der Waals surface area contributed by atoms with Gasteiger partial charge in [0.15, 0.2) is 5.82 Å². The first-order chi connectivity index (χ1) is 8.78. The van der Waals surface area contributed by atoms with E-state index in [1.165, 1.54) is 0 Å². The largest absolute Gasteiger partial charge is 0.373 e. The second-order valence-electron chi connectivity index (χ2n) is 4.09. The van der Waals surface area contributed by atoms with Crippen molar-refractivity contribution in [2.45, 2.75) is 33.2 Å². The van der Waals surface area contributed by atoms with Gasteiger partial charge in [0, 0.05) is 38.5 Å². The van der Waals surface area contributed by atoms with Gasteiger partial charge in [-0.1, -0.05) is 6.92 Å². The third-order valence-corrected chi connectivity index (χ3v) is 2.79. The van der Waals surface area contributed by atoms with Gasteiger partial charge in [-0.05, 0) is 13.3 Å². The third-order valence-electron chi connectivity index (χ3n) is 2.79. The number of aryl methyl sites for hydroxylation is 2. The Hall–Kier alpha value is -1.91. The molecule has 5 nitrogen and oxygen atoms in total. The highest BCUT2D eigenvalue weighted by Crippen LogP contribution is 2.18. The molecule has 2 rings (SSSR count). The van der Waals surface area contributed by atoms with Crippen molar-refractivity contribution in [3.63, 3.8) is 0 Å². The molecule has 18 heavy (non-hydrogen) atoms. The molecular weight excluding hydrogens is 226 g/mol. The highest BCUT2D eigenvalue weighted by atomic mass is 15.1. The lowest BCUT2D eigenvalue weighted by Gasteiger charge is -2.08. The van der Waals surface area contributed by atoms with Crippen molar-refractivity contribution >= 4 is 5.82 Å². The van der Waals surface area contributed by atoms with Gasteiger partial charge in [-0.15, -0.1) is 0 Å². The zero-order chi connectivity index (χ0) is 13.0. The van der Waals surface area contributed by atoms with E-state index in [1.807, 2.05) is 19.3 Å². The number of hydrogen-bond acceptors (Lipinski definition) is 4. The molecule has 0 spiro atoms. The molecule has 0 bridgehead atoms. The molecule has 0 aliphatic carbocycles. The Morgan fingerprint density at radius 3 is 2.78 bits per heavy atom. The fourth-order valence-corrected chi connectivity index (χ4v) is 1.87. The molecule has 1 N–H and O–H groups in total. The minimum atomic E-state index is 0.842. The molecule has 0 saturated heterocycles. The van der Waals surface area contributed by atoms with Crippen LogP contribution in [-0.2, 0) is 13.0 Å². The first-order valence-corrected chi connectivity index (χ1v) is 6.35. The van der Waals surface area contributed by atoms with Crippen LogP contribution in [0.5, 0.6) is 0 Å². The summed E-state index contributed by atoms with van der Waals surface area (Å²) in [4.78, 5) is 13.4. The van der Waals surface area contributed by atoms with E-state index in [4.69, 9.17) is 0 Å². The van der Waals surface area contributed by atoms with E-state index in [0.29, 0.717) is 0 Å². The maximum Gasteiger partial charge on any atom is 0.158 e. The number of nitrogens with zero attached hydrogens (tertiary/aromatic N) is 4. The number of rotatable bonds is 5. The number of hydrogen-bond donors (Lipinski definition) is 1. The summed E-state index contributed by atoms with van der Waals surface area (Å²) in [5, 5.41) is 3.08. The topological polar surface area (TPSA) is 55.6 Å². The molecule has 96 valence electrons. The average Bonchev–Trinajstić information content (AvgIpc) is 2.87. The lowest BCUT2D eigenvalue weighted by atomic mass is 10.3. The number of imidazole rings is 1. The Labute approximate surface area is 107 Å². The Kier molecular flexibility index (Phi) is 3.92. The molecule has 0 unspecified atom stereocenters. The second kappa shape index (κ2) is 5.62. The van der Waals surface area contributed by atoms with Crippen LogP contribution < -0.4 is 5.32 Å². The molecule has 0 radical (unpaired) electrons. The van der Waals surface area contributed by atoms with Crippen LogP contribution in [0.25, 0.3) is 11.5 Å². The van der Waals surface area contributed by atoms with E-state index in [2.05, 4.69) is 38.7 Å². The Bertz CT molecular complexity index is 518. The minimum Gasteiger partial charge on any atom is -0.373 e. The van der Waals surface area contributed by atoms with Gasteiger partial charge in [0.2, 0.25) is 0 Å². The van der Waals surface area contributed by atoms with Gasteiger partial charge in [-0.25, -0.2) is 15.0 Å². The molecule has 5 heteroatoms. The van der Waals surface area contributed by atoms with E-state index in [1.54, 1.807) is 6.20 Å². The normalized spacial score (nSPS) is 10.6. The first kappa shape index (κ1) is 12.5. The van der Waals surface area contributed by atoms with E-state index in [-0.39, 0.29) is 0 Å². The van der Waals surface area contributed by atoms with Crippen LogP contribution in [0, 0.1) is 0 Å². The molecular formula is C13H19N5. The second-order valence-corrected chi connectivity index (χ2v) is 4.09.